The highest BCUT2D eigenvalue weighted by molar-refractivity contribution is 6.03. The molecule has 0 N–H and O–H groups in total. The average molecular weight is 403 g/mol. The third-order valence-corrected chi connectivity index (χ3v) is 5.49. The van der Waals surface area contributed by atoms with Crippen molar-refractivity contribution in [3.8, 4) is 0 Å². The number of nitrogens with zero attached hydrogens (tertiary/aromatic N) is 3. The van der Waals surface area contributed by atoms with Crippen LogP contribution in [-0.2, 0) is 23.8 Å². The van der Waals surface area contributed by atoms with Crippen LogP contribution >= 0.6 is 0 Å². The average Bonchev–Trinajstić information content (AvgIpc) is 2.77. The zero-order valence-corrected chi connectivity index (χ0v) is 17.5. The molecule has 1 fully saturated rings. The molecule has 8 heteroatoms. The van der Waals surface area contributed by atoms with Crippen LogP contribution in [-0.4, -0.2) is 77.6 Å². The predicted octanol–water partition coefficient (Wildman–Crippen LogP) is 1.61. The summed E-state index contributed by atoms with van der Waals surface area (Å²) >= 11 is 0. The van der Waals surface area contributed by atoms with Crippen LogP contribution in [0.2, 0.25) is 0 Å². The van der Waals surface area contributed by atoms with E-state index in [4.69, 9.17) is 14.2 Å². The third kappa shape index (κ3) is 4.54. The summed E-state index contributed by atoms with van der Waals surface area (Å²) in [6.07, 6.45) is 2.36. The largest absolute Gasteiger partial charge is 0.466 e. The van der Waals surface area contributed by atoms with E-state index < -0.39 is 11.9 Å². The highest BCUT2D eigenvalue weighted by atomic mass is 16.5. The zero-order valence-electron chi connectivity index (χ0n) is 17.5. The van der Waals surface area contributed by atoms with Crippen LogP contribution in [0.1, 0.15) is 12.8 Å². The van der Waals surface area contributed by atoms with Crippen molar-refractivity contribution in [2.75, 3.05) is 64.5 Å². The lowest BCUT2D eigenvalue weighted by Crippen LogP contribution is -2.45. The maximum absolute atomic E-state index is 12.4. The van der Waals surface area contributed by atoms with Crippen molar-refractivity contribution in [2.45, 2.75) is 18.9 Å². The number of hydrogen-bond acceptors (Lipinski definition) is 8. The minimum Gasteiger partial charge on any atom is -0.466 e. The van der Waals surface area contributed by atoms with E-state index in [1.807, 2.05) is 24.3 Å². The SMILES string of the molecule is COC(=O)C1=C(C(=O)OC)N(c2ccc(N3CCCC(N(C)C)C3)cc2)COC1. The molecule has 8 nitrogen and oxygen atoms in total. The predicted molar refractivity (Wildman–Crippen MR) is 110 cm³/mol. The fraction of sp³-hybridized carbons (Fsp3) is 0.524. The zero-order chi connectivity index (χ0) is 21.0. The topological polar surface area (TPSA) is 71.6 Å². The van der Waals surface area contributed by atoms with Crippen molar-refractivity contribution in [1.82, 2.24) is 4.90 Å². The van der Waals surface area contributed by atoms with Crippen molar-refractivity contribution in [3.63, 3.8) is 0 Å². The molecule has 1 unspecified atom stereocenters. The molecule has 0 bridgehead atoms. The van der Waals surface area contributed by atoms with Gasteiger partial charge >= 0.3 is 11.9 Å². The second-order valence-electron chi connectivity index (χ2n) is 7.44. The standard InChI is InChI=1S/C21H29N3O5/c1-22(2)17-6-5-11-23(12-17)15-7-9-16(10-8-15)24-14-29-13-18(20(25)27-3)19(24)21(26)28-4/h7-10,17H,5-6,11-14H2,1-4H3. The lowest BCUT2D eigenvalue weighted by Gasteiger charge is -2.37. The summed E-state index contributed by atoms with van der Waals surface area (Å²) in [7, 11) is 6.80. The Labute approximate surface area is 171 Å². The number of hydrogen-bond donors (Lipinski definition) is 0. The van der Waals surface area contributed by atoms with Gasteiger partial charge < -0.3 is 28.9 Å². The Morgan fingerprint density at radius 2 is 1.72 bits per heavy atom. The van der Waals surface area contributed by atoms with E-state index >= 15 is 0 Å². The van der Waals surface area contributed by atoms with Crippen molar-refractivity contribution in [3.05, 3.63) is 35.5 Å². The van der Waals surface area contributed by atoms with Crippen LogP contribution in [0.3, 0.4) is 0 Å². The number of anilines is 2. The summed E-state index contributed by atoms with van der Waals surface area (Å²) < 4.78 is 15.2. The molecule has 0 spiro atoms. The Balaban J connectivity index is 1.86. The van der Waals surface area contributed by atoms with Gasteiger partial charge in [-0.3, -0.25) is 0 Å². The van der Waals surface area contributed by atoms with Crippen LogP contribution in [0.15, 0.2) is 35.5 Å². The van der Waals surface area contributed by atoms with Gasteiger partial charge in [0.05, 0.1) is 26.4 Å². The molecule has 0 amide bonds. The first kappa shape index (κ1) is 21.1. The molecule has 1 saturated heterocycles. The molecule has 2 heterocycles. The van der Waals surface area contributed by atoms with Crippen LogP contribution in [0.5, 0.6) is 0 Å². The Morgan fingerprint density at radius 1 is 1.07 bits per heavy atom. The van der Waals surface area contributed by atoms with E-state index in [0.717, 1.165) is 30.9 Å². The molecule has 158 valence electrons. The van der Waals surface area contributed by atoms with Gasteiger partial charge in [0.25, 0.3) is 0 Å². The molecule has 3 rings (SSSR count). The minimum absolute atomic E-state index is 0.00535. The number of ether oxygens (including phenoxy) is 3. The van der Waals surface area contributed by atoms with Gasteiger partial charge in [0, 0.05) is 30.5 Å². The molecule has 29 heavy (non-hydrogen) atoms. The number of carbonyl (C=O) groups excluding carboxylic acids is 2. The van der Waals surface area contributed by atoms with E-state index in [2.05, 4.69) is 23.9 Å². The molecule has 1 aromatic rings. The Bertz CT molecular complexity index is 775. The van der Waals surface area contributed by atoms with Crippen molar-refractivity contribution >= 4 is 23.3 Å². The minimum atomic E-state index is -0.602. The summed E-state index contributed by atoms with van der Waals surface area (Å²) in [5, 5.41) is 0. The Kier molecular flexibility index (Phi) is 6.76. The molecule has 1 aromatic carbocycles. The molecule has 0 aliphatic carbocycles. The maximum Gasteiger partial charge on any atom is 0.355 e. The van der Waals surface area contributed by atoms with Gasteiger partial charge in [-0.25, -0.2) is 9.59 Å². The summed E-state index contributed by atoms with van der Waals surface area (Å²) in [4.78, 5) is 30.8. The first-order chi connectivity index (χ1) is 14.0. The van der Waals surface area contributed by atoms with Gasteiger partial charge in [-0.2, -0.15) is 0 Å². The molecule has 0 radical (unpaired) electrons. The summed E-state index contributed by atoms with van der Waals surface area (Å²) in [6, 6.07) is 8.47. The first-order valence-electron chi connectivity index (χ1n) is 9.72. The molecule has 2 aliphatic rings. The molecule has 0 saturated carbocycles. The first-order valence-corrected chi connectivity index (χ1v) is 9.72. The number of esters is 2. The van der Waals surface area contributed by atoms with Crippen LogP contribution in [0.4, 0.5) is 11.4 Å². The van der Waals surface area contributed by atoms with Gasteiger partial charge in [-0.05, 0) is 51.2 Å². The van der Waals surface area contributed by atoms with Crippen LogP contribution in [0, 0.1) is 0 Å². The Morgan fingerprint density at radius 3 is 2.34 bits per heavy atom. The number of piperidine rings is 1. The smallest absolute Gasteiger partial charge is 0.355 e. The van der Waals surface area contributed by atoms with Crippen LogP contribution in [0.25, 0.3) is 0 Å². The van der Waals surface area contributed by atoms with Gasteiger partial charge in [-0.15, -0.1) is 0 Å². The number of rotatable bonds is 5. The van der Waals surface area contributed by atoms with E-state index in [-0.39, 0.29) is 24.6 Å². The van der Waals surface area contributed by atoms with Gasteiger partial charge in [0.1, 0.15) is 12.4 Å². The lowest BCUT2D eigenvalue weighted by atomic mass is 10.0. The fourth-order valence-corrected chi connectivity index (χ4v) is 3.80. The molecule has 2 aliphatic heterocycles. The van der Waals surface area contributed by atoms with Crippen molar-refractivity contribution in [1.29, 1.82) is 0 Å². The highest BCUT2D eigenvalue weighted by Gasteiger charge is 2.32. The number of benzene rings is 1. The Hall–Kier alpha value is -2.58. The monoisotopic (exact) mass is 403 g/mol. The summed E-state index contributed by atoms with van der Waals surface area (Å²) in [6.45, 7) is 2.16. The second kappa shape index (κ2) is 9.28. The number of methoxy groups -OCH3 is 2. The van der Waals surface area contributed by atoms with Crippen molar-refractivity contribution in [2.24, 2.45) is 0 Å². The fourth-order valence-electron chi connectivity index (χ4n) is 3.80. The quantitative estimate of drug-likeness (QED) is 0.687. The van der Waals surface area contributed by atoms with Gasteiger partial charge in [-0.1, -0.05) is 0 Å². The molecule has 0 aromatic heterocycles. The van der Waals surface area contributed by atoms with Crippen molar-refractivity contribution < 1.29 is 23.8 Å². The number of carbonyl (C=O) groups is 2. The van der Waals surface area contributed by atoms with Gasteiger partial charge in [0.15, 0.2) is 0 Å². The summed E-state index contributed by atoms with van der Waals surface area (Å²) in [5.74, 6) is -1.20. The van der Waals surface area contributed by atoms with E-state index in [9.17, 15) is 9.59 Å². The summed E-state index contributed by atoms with van der Waals surface area (Å²) in [5.41, 5.74) is 2.19. The van der Waals surface area contributed by atoms with Crippen LogP contribution < -0.4 is 9.80 Å². The second-order valence-corrected chi connectivity index (χ2v) is 7.44. The lowest BCUT2D eigenvalue weighted by molar-refractivity contribution is -0.140. The molecular weight excluding hydrogens is 374 g/mol. The third-order valence-electron chi connectivity index (χ3n) is 5.49. The number of likely N-dealkylation sites (N-methyl/N-ethyl adjacent to an activating group) is 1. The normalized spacial score (nSPS) is 20.1. The van der Waals surface area contributed by atoms with E-state index in [1.54, 1.807) is 4.90 Å². The maximum atomic E-state index is 12.4. The molecular formula is C21H29N3O5. The molecule has 1 atom stereocenters. The van der Waals surface area contributed by atoms with E-state index in [0.29, 0.717) is 6.04 Å². The highest BCUT2D eigenvalue weighted by Crippen LogP contribution is 2.29. The van der Waals surface area contributed by atoms with E-state index in [1.165, 1.54) is 20.6 Å². The van der Waals surface area contributed by atoms with Gasteiger partial charge in [0.2, 0.25) is 0 Å².